The topological polar surface area (TPSA) is 12.0 Å². The highest BCUT2D eigenvalue weighted by Crippen LogP contribution is 2.34. The third kappa shape index (κ3) is 4.31. The monoisotopic (exact) mass is 315 g/mol. The smallest absolute Gasteiger partial charge is 0.0314 e. The number of rotatable bonds is 5. The summed E-state index contributed by atoms with van der Waals surface area (Å²) in [5, 5.41) is 3.87. The molecule has 0 heterocycles. The van der Waals surface area contributed by atoms with E-state index in [1.54, 1.807) is 0 Å². The van der Waals surface area contributed by atoms with Crippen molar-refractivity contribution in [1.29, 1.82) is 0 Å². The maximum Gasteiger partial charge on any atom is 0.0314 e. The molecule has 0 aromatic heterocycles. The van der Waals surface area contributed by atoms with E-state index in [9.17, 15) is 0 Å². The van der Waals surface area contributed by atoms with Gasteiger partial charge in [0.1, 0.15) is 0 Å². The Morgan fingerprint density at radius 3 is 2.47 bits per heavy atom. The van der Waals surface area contributed by atoms with Crippen LogP contribution in [0.15, 0.2) is 27.6 Å². The van der Waals surface area contributed by atoms with Crippen LogP contribution >= 0.6 is 27.7 Å². The highest BCUT2D eigenvalue weighted by atomic mass is 79.9. The summed E-state index contributed by atoms with van der Waals surface area (Å²) in [5.74, 6) is 0. The van der Waals surface area contributed by atoms with Crippen molar-refractivity contribution in [2.75, 3.05) is 13.6 Å². The summed E-state index contributed by atoms with van der Waals surface area (Å²) in [6.45, 7) is 9.95. The van der Waals surface area contributed by atoms with Crippen molar-refractivity contribution in [1.82, 2.24) is 5.32 Å². The Balaban J connectivity index is 2.95. The van der Waals surface area contributed by atoms with E-state index in [1.165, 1.54) is 14.9 Å². The van der Waals surface area contributed by atoms with Crippen LogP contribution in [0.4, 0.5) is 0 Å². The molecule has 1 aromatic rings. The van der Waals surface area contributed by atoms with Gasteiger partial charge >= 0.3 is 0 Å². The van der Waals surface area contributed by atoms with Crippen LogP contribution in [0.2, 0.25) is 0 Å². The molecule has 0 saturated heterocycles. The molecule has 0 amide bonds. The van der Waals surface area contributed by atoms with Gasteiger partial charge in [-0.05, 0) is 40.7 Å². The Kier molecular flexibility index (Phi) is 5.55. The minimum atomic E-state index is 0.165. The van der Waals surface area contributed by atoms with Crippen molar-refractivity contribution in [3.8, 4) is 0 Å². The first-order valence-electron chi connectivity index (χ1n) is 5.98. The van der Waals surface area contributed by atoms with Gasteiger partial charge in [0.15, 0.2) is 0 Å². The SMILES string of the molecule is CNCC(C)(C)c1ccc(SC(C)C)c(Br)c1. The molecule has 0 saturated carbocycles. The lowest BCUT2D eigenvalue weighted by atomic mass is 9.85. The number of hydrogen-bond donors (Lipinski definition) is 1. The van der Waals surface area contributed by atoms with E-state index in [0.717, 1.165) is 6.54 Å². The molecule has 0 atom stereocenters. The first kappa shape index (κ1) is 15.1. The van der Waals surface area contributed by atoms with Gasteiger partial charge in [-0.15, -0.1) is 11.8 Å². The molecule has 1 rings (SSSR count). The molecule has 17 heavy (non-hydrogen) atoms. The van der Waals surface area contributed by atoms with Gasteiger partial charge in [0.05, 0.1) is 0 Å². The van der Waals surface area contributed by atoms with Crippen molar-refractivity contribution < 1.29 is 0 Å². The quantitative estimate of drug-likeness (QED) is 0.806. The molecule has 96 valence electrons. The fourth-order valence-corrected chi connectivity index (χ4v) is 3.30. The summed E-state index contributed by atoms with van der Waals surface area (Å²) in [6, 6.07) is 6.72. The van der Waals surface area contributed by atoms with Gasteiger partial charge in [-0.1, -0.05) is 33.8 Å². The molecule has 3 heteroatoms. The molecule has 0 radical (unpaired) electrons. The average molecular weight is 316 g/mol. The molecule has 0 aliphatic rings. The third-order valence-electron chi connectivity index (χ3n) is 2.69. The highest BCUT2D eigenvalue weighted by Gasteiger charge is 2.20. The molecule has 0 unspecified atom stereocenters. The summed E-state index contributed by atoms with van der Waals surface area (Å²) < 4.78 is 1.21. The number of benzene rings is 1. The Labute approximate surface area is 118 Å². The van der Waals surface area contributed by atoms with Crippen LogP contribution in [0, 0.1) is 0 Å². The lowest BCUT2D eigenvalue weighted by Gasteiger charge is -2.25. The molecule has 1 N–H and O–H groups in total. The van der Waals surface area contributed by atoms with Crippen LogP contribution in [0.5, 0.6) is 0 Å². The lowest BCUT2D eigenvalue weighted by Crippen LogP contribution is -2.30. The van der Waals surface area contributed by atoms with Crippen LogP contribution in [-0.4, -0.2) is 18.8 Å². The van der Waals surface area contributed by atoms with Gasteiger partial charge in [0.2, 0.25) is 0 Å². The zero-order valence-electron chi connectivity index (χ0n) is 11.3. The maximum absolute atomic E-state index is 3.68. The largest absolute Gasteiger partial charge is 0.319 e. The summed E-state index contributed by atoms with van der Waals surface area (Å²) in [5.41, 5.74) is 1.53. The number of hydrogen-bond acceptors (Lipinski definition) is 2. The van der Waals surface area contributed by atoms with Crippen molar-refractivity contribution in [2.45, 2.75) is 43.3 Å². The third-order valence-corrected chi connectivity index (χ3v) is 4.69. The summed E-state index contributed by atoms with van der Waals surface area (Å²) in [4.78, 5) is 1.32. The first-order chi connectivity index (χ1) is 7.86. The van der Waals surface area contributed by atoms with E-state index in [1.807, 2.05) is 18.8 Å². The van der Waals surface area contributed by atoms with E-state index in [0.29, 0.717) is 5.25 Å². The van der Waals surface area contributed by atoms with Crippen LogP contribution < -0.4 is 5.32 Å². The Hall–Kier alpha value is 0.01000. The molecule has 0 spiro atoms. The van der Waals surface area contributed by atoms with Crippen LogP contribution in [0.25, 0.3) is 0 Å². The number of likely N-dealkylation sites (N-methyl/N-ethyl adjacent to an activating group) is 1. The zero-order chi connectivity index (χ0) is 13.1. The van der Waals surface area contributed by atoms with E-state index >= 15 is 0 Å². The molecule has 1 nitrogen and oxygen atoms in total. The van der Waals surface area contributed by atoms with Gasteiger partial charge in [-0.25, -0.2) is 0 Å². The van der Waals surface area contributed by atoms with Gasteiger partial charge in [0.25, 0.3) is 0 Å². The highest BCUT2D eigenvalue weighted by molar-refractivity contribution is 9.10. The fourth-order valence-electron chi connectivity index (χ4n) is 1.82. The number of nitrogens with one attached hydrogen (secondary N) is 1. The van der Waals surface area contributed by atoms with Gasteiger partial charge in [0, 0.05) is 26.6 Å². The maximum atomic E-state index is 3.68. The second-order valence-electron chi connectivity index (χ2n) is 5.23. The summed E-state index contributed by atoms with van der Waals surface area (Å²) >= 11 is 5.57. The molecular weight excluding hydrogens is 294 g/mol. The van der Waals surface area contributed by atoms with Crippen molar-refractivity contribution in [3.63, 3.8) is 0 Å². The summed E-state index contributed by atoms with van der Waals surface area (Å²) in [6.07, 6.45) is 0. The van der Waals surface area contributed by atoms with Crippen molar-refractivity contribution in [3.05, 3.63) is 28.2 Å². The number of halogens is 1. The Bertz CT molecular complexity index is 374. The molecule has 0 aliphatic carbocycles. The fraction of sp³-hybridized carbons (Fsp3) is 0.571. The van der Waals surface area contributed by atoms with Gasteiger partial charge in [-0.3, -0.25) is 0 Å². The van der Waals surface area contributed by atoms with Crippen LogP contribution in [0.3, 0.4) is 0 Å². The van der Waals surface area contributed by atoms with Gasteiger partial charge in [-0.2, -0.15) is 0 Å². The lowest BCUT2D eigenvalue weighted by molar-refractivity contribution is 0.493. The van der Waals surface area contributed by atoms with Crippen LogP contribution in [-0.2, 0) is 5.41 Å². The Morgan fingerprint density at radius 1 is 1.35 bits per heavy atom. The standard InChI is InChI=1S/C14H22BrNS/c1-10(2)17-13-7-6-11(8-12(13)15)14(3,4)9-16-5/h6-8,10,16H,9H2,1-5H3. The first-order valence-corrected chi connectivity index (χ1v) is 7.65. The van der Waals surface area contributed by atoms with Gasteiger partial charge < -0.3 is 5.32 Å². The zero-order valence-corrected chi connectivity index (χ0v) is 13.7. The molecular formula is C14H22BrNS. The number of thioether (sulfide) groups is 1. The van der Waals surface area contributed by atoms with E-state index in [-0.39, 0.29) is 5.41 Å². The van der Waals surface area contributed by atoms with E-state index in [4.69, 9.17) is 0 Å². The van der Waals surface area contributed by atoms with Crippen molar-refractivity contribution >= 4 is 27.7 Å². The van der Waals surface area contributed by atoms with Crippen molar-refractivity contribution in [2.24, 2.45) is 0 Å². The molecule has 0 bridgehead atoms. The Morgan fingerprint density at radius 2 is 2.00 bits per heavy atom. The van der Waals surface area contributed by atoms with E-state index < -0.39 is 0 Å². The minimum Gasteiger partial charge on any atom is -0.319 e. The molecule has 0 fully saturated rings. The predicted octanol–water partition coefficient (Wildman–Crippen LogP) is 4.45. The second-order valence-corrected chi connectivity index (χ2v) is 7.70. The molecule has 1 aromatic carbocycles. The normalized spacial score (nSPS) is 12.2. The average Bonchev–Trinajstić information content (AvgIpc) is 2.20. The predicted molar refractivity (Wildman–Crippen MR) is 82.1 cm³/mol. The summed E-state index contributed by atoms with van der Waals surface area (Å²) in [7, 11) is 2.00. The second kappa shape index (κ2) is 6.26. The van der Waals surface area contributed by atoms with E-state index in [2.05, 4.69) is 67.1 Å². The van der Waals surface area contributed by atoms with Crippen LogP contribution in [0.1, 0.15) is 33.3 Å². The minimum absolute atomic E-state index is 0.165. The molecule has 0 aliphatic heterocycles.